The third-order valence-electron chi connectivity index (χ3n) is 2.97. The van der Waals surface area contributed by atoms with Crippen LogP contribution < -0.4 is 5.73 Å². The Morgan fingerprint density at radius 2 is 2.25 bits per heavy atom. The number of H-pyrrole nitrogens is 1. The zero-order chi connectivity index (χ0) is 11.7. The Labute approximate surface area is 94.6 Å². The number of aryl methyl sites for hydroxylation is 1. The van der Waals surface area contributed by atoms with Gasteiger partial charge in [-0.2, -0.15) is 0 Å². The van der Waals surface area contributed by atoms with Crippen LogP contribution in [-0.2, 0) is 11.2 Å². The molecule has 3 nitrogen and oxygen atoms in total. The van der Waals surface area contributed by atoms with Crippen molar-refractivity contribution < 1.29 is 4.79 Å². The third-order valence-corrected chi connectivity index (χ3v) is 2.97. The lowest BCUT2D eigenvalue weighted by Crippen LogP contribution is -2.30. The van der Waals surface area contributed by atoms with Gasteiger partial charge in [-0.15, -0.1) is 0 Å². The van der Waals surface area contributed by atoms with Crippen LogP contribution in [0.1, 0.15) is 18.1 Å². The largest absolute Gasteiger partial charge is 0.361 e. The first-order valence-corrected chi connectivity index (χ1v) is 5.41. The van der Waals surface area contributed by atoms with Crippen LogP contribution in [0.3, 0.4) is 0 Å². The molecule has 16 heavy (non-hydrogen) atoms. The third kappa shape index (κ3) is 1.86. The van der Waals surface area contributed by atoms with Crippen LogP contribution >= 0.6 is 0 Å². The Kier molecular flexibility index (Phi) is 2.79. The van der Waals surface area contributed by atoms with Gasteiger partial charge in [0.2, 0.25) is 0 Å². The second kappa shape index (κ2) is 4.10. The van der Waals surface area contributed by atoms with Gasteiger partial charge in [-0.3, -0.25) is 4.79 Å². The second-order valence-corrected chi connectivity index (χ2v) is 4.23. The summed E-state index contributed by atoms with van der Waals surface area (Å²) < 4.78 is 0. The van der Waals surface area contributed by atoms with Crippen molar-refractivity contribution in [3.63, 3.8) is 0 Å². The molecule has 0 radical (unpaired) electrons. The van der Waals surface area contributed by atoms with Gasteiger partial charge in [-0.05, 0) is 31.4 Å². The number of aromatic nitrogens is 1. The Balaban J connectivity index is 2.39. The summed E-state index contributed by atoms with van der Waals surface area (Å²) in [6.45, 7) is 3.60. The van der Waals surface area contributed by atoms with Crippen LogP contribution in [0.5, 0.6) is 0 Å². The number of hydrogen-bond acceptors (Lipinski definition) is 2. The van der Waals surface area contributed by atoms with Gasteiger partial charge in [0.1, 0.15) is 5.78 Å². The molecule has 2 aromatic rings. The number of fused-ring (bicyclic) bond motifs is 1. The fraction of sp³-hybridized carbons (Fsp3) is 0.308. The highest BCUT2D eigenvalue weighted by atomic mass is 16.1. The molecule has 1 aromatic heterocycles. The first kappa shape index (κ1) is 10.9. The van der Waals surface area contributed by atoms with Crippen molar-refractivity contribution >= 4 is 16.7 Å². The van der Waals surface area contributed by atoms with Crippen molar-refractivity contribution in [3.05, 3.63) is 35.5 Å². The number of nitrogens with two attached hydrogens (primary N) is 1. The van der Waals surface area contributed by atoms with Crippen molar-refractivity contribution in [2.75, 3.05) is 0 Å². The molecule has 1 heterocycles. The lowest BCUT2D eigenvalue weighted by Gasteiger charge is -2.06. The minimum absolute atomic E-state index is 0.0296. The molecule has 0 bridgehead atoms. The maximum Gasteiger partial charge on any atom is 0.146 e. The molecule has 1 aromatic carbocycles. The monoisotopic (exact) mass is 216 g/mol. The molecule has 0 fully saturated rings. The number of carbonyl (C=O) groups excluding carboxylic acids is 1. The molecular weight excluding hydrogens is 200 g/mol. The van der Waals surface area contributed by atoms with Gasteiger partial charge in [0, 0.05) is 17.1 Å². The molecule has 3 heteroatoms. The van der Waals surface area contributed by atoms with E-state index in [9.17, 15) is 4.79 Å². The molecule has 0 aliphatic heterocycles. The summed E-state index contributed by atoms with van der Waals surface area (Å²) in [5.74, 6) is 0.0296. The number of ketones is 1. The fourth-order valence-electron chi connectivity index (χ4n) is 1.91. The maximum absolute atomic E-state index is 11.1. The zero-order valence-electron chi connectivity index (χ0n) is 9.58. The normalized spacial score (nSPS) is 12.9. The highest BCUT2D eigenvalue weighted by molar-refractivity contribution is 5.87. The molecule has 1 unspecified atom stereocenters. The smallest absolute Gasteiger partial charge is 0.146 e. The topological polar surface area (TPSA) is 58.9 Å². The number of nitrogens with one attached hydrogen (secondary N) is 1. The quantitative estimate of drug-likeness (QED) is 0.823. The van der Waals surface area contributed by atoms with E-state index in [-0.39, 0.29) is 5.78 Å². The van der Waals surface area contributed by atoms with Gasteiger partial charge in [-0.25, -0.2) is 0 Å². The maximum atomic E-state index is 11.1. The van der Waals surface area contributed by atoms with E-state index < -0.39 is 6.04 Å². The highest BCUT2D eigenvalue weighted by Gasteiger charge is 2.12. The summed E-state index contributed by atoms with van der Waals surface area (Å²) in [4.78, 5) is 14.4. The summed E-state index contributed by atoms with van der Waals surface area (Å²) >= 11 is 0. The molecule has 0 amide bonds. The molecule has 1 atom stereocenters. The van der Waals surface area contributed by atoms with Gasteiger partial charge >= 0.3 is 0 Å². The molecule has 0 spiro atoms. The first-order chi connectivity index (χ1) is 7.59. The number of para-hydroxylation sites is 1. The SMILES string of the molecule is CC(=O)C(N)Cc1c[nH]c2c(C)cccc12. The number of rotatable bonds is 3. The van der Waals surface area contributed by atoms with E-state index in [1.165, 1.54) is 12.5 Å². The lowest BCUT2D eigenvalue weighted by molar-refractivity contribution is -0.118. The van der Waals surface area contributed by atoms with Gasteiger partial charge in [0.25, 0.3) is 0 Å². The van der Waals surface area contributed by atoms with Gasteiger partial charge in [0.05, 0.1) is 6.04 Å². The molecule has 0 saturated carbocycles. The van der Waals surface area contributed by atoms with Crippen LogP contribution in [0.15, 0.2) is 24.4 Å². The molecule has 2 rings (SSSR count). The number of hydrogen-bond donors (Lipinski definition) is 2. The second-order valence-electron chi connectivity index (χ2n) is 4.23. The molecule has 0 aliphatic rings. The van der Waals surface area contributed by atoms with E-state index in [0.29, 0.717) is 6.42 Å². The van der Waals surface area contributed by atoms with Crippen LogP contribution in [0.2, 0.25) is 0 Å². The van der Waals surface area contributed by atoms with E-state index in [0.717, 1.165) is 16.5 Å². The summed E-state index contributed by atoms with van der Waals surface area (Å²) in [5.41, 5.74) is 9.23. The summed E-state index contributed by atoms with van der Waals surface area (Å²) in [7, 11) is 0. The standard InChI is InChI=1S/C13H16N2O/c1-8-4-3-5-11-10(7-15-13(8)11)6-12(14)9(2)16/h3-5,7,12,15H,6,14H2,1-2H3. The van der Waals surface area contributed by atoms with Crippen LogP contribution in [0.25, 0.3) is 10.9 Å². The number of benzene rings is 1. The summed E-state index contributed by atoms with van der Waals surface area (Å²) in [5, 5.41) is 1.16. The predicted octanol–water partition coefficient (Wildman–Crippen LogP) is 1.94. The molecule has 3 N–H and O–H groups in total. The highest BCUT2D eigenvalue weighted by Crippen LogP contribution is 2.22. The van der Waals surface area contributed by atoms with Crippen molar-refractivity contribution in [1.82, 2.24) is 4.98 Å². The summed E-state index contributed by atoms with van der Waals surface area (Å²) in [6, 6.07) is 5.74. The van der Waals surface area contributed by atoms with Gasteiger partial charge < -0.3 is 10.7 Å². The average molecular weight is 216 g/mol. The van der Waals surface area contributed by atoms with Crippen molar-refractivity contribution in [2.45, 2.75) is 26.3 Å². The first-order valence-electron chi connectivity index (χ1n) is 5.41. The van der Waals surface area contributed by atoms with Crippen LogP contribution in [-0.4, -0.2) is 16.8 Å². The van der Waals surface area contributed by atoms with E-state index in [1.54, 1.807) is 0 Å². The minimum Gasteiger partial charge on any atom is -0.361 e. The van der Waals surface area contributed by atoms with Gasteiger partial charge in [0.15, 0.2) is 0 Å². The van der Waals surface area contributed by atoms with Crippen molar-refractivity contribution in [1.29, 1.82) is 0 Å². The molecule has 0 aliphatic carbocycles. The molecule has 0 saturated heterocycles. The van der Waals surface area contributed by atoms with Crippen molar-refractivity contribution in [3.8, 4) is 0 Å². The fourth-order valence-corrected chi connectivity index (χ4v) is 1.91. The Morgan fingerprint density at radius 3 is 2.94 bits per heavy atom. The summed E-state index contributed by atoms with van der Waals surface area (Å²) in [6.07, 6.45) is 2.54. The zero-order valence-corrected chi connectivity index (χ0v) is 9.58. The number of carbonyl (C=O) groups is 1. The molecular formula is C13H16N2O. The Bertz CT molecular complexity index is 528. The van der Waals surface area contributed by atoms with E-state index in [2.05, 4.69) is 24.0 Å². The van der Waals surface area contributed by atoms with Crippen LogP contribution in [0, 0.1) is 6.92 Å². The van der Waals surface area contributed by atoms with Crippen molar-refractivity contribution in [2.24, 2.45) is 5.73 Å². The number of aromatic amines is 1. The Morgan fingerprint density at radius 1 is 1.50 bits per heavy atom. The van der Waals surface area contributed by atoms with E-state index in [4.69, 9.17) is 5.73 Å². The minimum atomic E-state index is -0.403. The Hall–Kier alpha value is -1.61. The lowest BCUT2D eigenvalue weighted by atomic mass is 10.0. The molecule has 84 valence electrons. The number of Topliss-reactive ketones (excluding diaryl/α,β-unsaturated/α-hetero) is 1. The average Bonchev–Trinajstić information content (AvgIpc) is 2.63. The predicted molar refractivity (Wildman–Crippen MR) is 65.4 cm³/mol. The van der Waals surface area contributed by atoms with E-state index in [1.807, 2.05) is 12.3 Å². The van der Waals surface area contributed by atoms with E-state index >= 15 is 0 Å². The van der Waals surface area contributed by atoms with Gasteiger partial charge in [-0.1, -0.05) is 18.2 Å². The van der Waals surface area contributed by atoms with Crippen LogP contribution in [0.4, 0.5) is 0 Å².